The van der Waals surface area contributed by atoms with Crippen LogP contribution < -0.4 is 10.6 Å². The number of rotatable bonds is 9. The molecule has 0 saturated heterocycles. The van der Waals surface area contributed by atoms with Crippen molar-refractivity contribution < 1.29 is 19.8 Å². The molecule has 0 radical (unpaired) electrons. The van der Waals surface area contributed by atoms with Gasteiger partial charge in [0.2, 0.25) is 0 Å². The van der Waals surface area contributed by atoms with Gasteiger partial charge in [0.25, 0.3) is 11.8 Å². The molecule has 0 aliphatic rings. The SMILES string of the molecule is CC(O)=C(N=Nc1ccc(-c2ccc(N=NC(C(=O)Nc3ccc(C)cc3C)=C(C)O)c(C)c2)cc1C)C(=O)Nc1ccccc1C. The van der Waals surface area contributed by atoms with Crippen molar-refractivity contribution in [3.05, 3.63) is 130 Å². The van der Waals surface area contributed by atoms with Crippen molar-refractivity contribution in [1.29, 1.82) is 0 Å². The molecule has 2 amide bonds. The Bertz CT molecular complexity index is 1970. The van der Waals surface area contributed by atoms with Gasteiger partial charge in [-0.25, -0.2) is 0 Å². The van der Waals surface area contributed by atoms with Crippen LogP contribution in [0.3, 0.4) is 0 Å². The molecule has 0 aromatic heterocycles. The molecule has 10 nitrogen and oxygen atoms in total. The third-order valence-corrected chi connectivity index (χ3v) is 7.38. The smallest absolute Gasteiger partial charge is 0.279 e. The molecule has 4 aromatic carbocycles. The summed E-state index contributed by atoms with van der Waals surface area (Å²) in [6.45, 7) is 12.3. The number of anilines is 2. The van der Waals surface area contributed by atoms with Gasteiger partial charge in [-0.1, -0.05) is 48.0 Å². The summed E-state index contributed by atoms with van der Waals surface area (Å²) in [5.41, 5.74) is 8.25. The van der Waals surface area contributed by atoms with Crippen molar-refractivity contribution in [3.8, 4) is 11.1 Å². The van der Waals surface area contributed by atoms with Gasteiger partial charge in [-0.3, -0.25) is 9.59 Å². The number of carbonyl (C=O) groups is 2. The van der Waals surface area contributed by atoms with Crippen LogP contribution in [-0.4, -0.2) is 22.0 Å². The Morgan fingerprint density at radius 3 is 1.45 bits per heavy atom. The molecule has 240 valence electrons. The van der Waals surface area contributed by atoms with Gasteiger partial charge in [-0.2, -0.15) is 0 Å². The molecule has 0 unspecified atom stereocenters. The lowest BCUT2D eigenvalue weighted by atomic mass is 10.0. The number of nitrogens with one attached hydrogen (secondary N) is 2. The molecule has 0 aliphatic carbocycles. The highest BCUT2D eigenvalue weighted by Gasteiger charge is 2.16. The highest BCUT2D eigenvalue weighted by atomic mass is 16.3. The Labute approximate surface area is 274 Å². The third kappa shape index (κ3) is 8.64. The first kappa shape index (κ1) is 34.0. The van der Waals surface area contributed by atoms with E-state index in [4.69, 9.17) is 0 Å². The molecule has 4 aromatic rings. The van der Waals surface area contributed by atoms with Gasteiger partial charge in [-0.05, 0) is 118 Å². The van der Waals surface area contributed by atoms with Crippen LogP contribution in [0.2, 0.25) is 0 Å². The van der Waals surface area contributed by atoms with E-state index >= 15 is 0 Å². The van der Waals surface area contributed by atoms with Crippen LogP contribution in [0.25, 0.3) is 11.1 Å². The van der Waals surface area contributed by atoms with E-state index in [1.807, 2.05) is 89.2 Å². The normalized spacial score (nSPS) is 12.6. The van der Waals surface area contributed by atoms with Crippen LogP contribution in [0.1, 0.15) is 41.7 Å². The zero-order valence-corrected chi connectivity index (χ0v) is 27.5. The fourth-order valence-electron chi connectivity index (χ4n) is 4.70. The monoisotopic (exact) mass is 630 g/mol. The predicted molar refractivity (Wildman–Crippen MR) is 185 cm³/mol. The number of amides is 2. The maximum atomic E-state index is 12.9. The van der Waals surface area contributed by atoms with Crippen LogP contribution >= 0.6 is 0 Å². The van der Waals surface area contributed by atoms with Gasteiger partial charge in [0.05, 0.1) is 11.4 Å². The lowest BCUT2D eigenvalue weighted by molar-refractivity contribution is -0.113. The minimum absolute atomic E-state index is 0.184. The summed E-state index contributed by atoms with van der Waals surface area (Å²) >= 11 is 0. The van der Waals surface area contributed by atoms with Gasteiger partial charge in [0, 0.05) is 11.4 Å². The van der Waals surface area contributed by atoms with E-state index in [0.717, 1.165) is 38.9 Å². The van der Waals surface area contributed by atoms with Crippen LogP contribution in [0.5, 0.6) is 0 Å². The number of nitrogens with zero attached hydrogens (tertiary/aromatic N) is 4. The maximum Gasteiger partial charge on any atom is 0.279 e. The molecule has 0 fully saturated rings. The first-order valence-corrected chi connectivity index (χ1v) is 14.9. The number of hydrogen-bond donors (Lipinski definition) is 4. The molecule has 0 bridgehead atoms. The number of carbonyl (C=O) groups excluding carboxylic acids is 2. The minimum atomic E-state index is -0.566. The van der Waals surface area contributed by atoms with Crippen molar-refractivity contribution in [1.82, 2.24) is 0 Å². The minimum Gasteiger partial charge on any atom is -0.510 e. The van der Waals surface area contributed by atoms with E-state index < -0.39 is 11.8 Å². The van der Waals surface area contributed by atoms with Crippen molar-refractivity contribution in [3.63, 3.8) is 0 Å². The molecule has 4 N–H and O–H groups in total. The van der Waals surface area contributed by atoms with Crippen LogP contribution in [0, 0.1) is 34.6 Å². The summed E-state index contributed by atoms with van der Waals surface area (Å²) in [7, 11) is 0. The molecule has 10 heteroatoms. The maximum absolute atomic E-state index is 12.9. The van der Waals surface area contributed by atoms with E-state index in [9.17, 15) is 19.8 Å². The molecular formula is C37H38N6O4. The Hall–Kier alpha value is -5.90. The molecule has 0 spiro atoms. The van der Waals surface area contributed by atoms with Crippen LogP contribution in [0.4, 0.5) is 22.7 Å². The fourth-order valence-corrected chi connectivity index (χ4v) is 4.70. The van der Waals surface area contributed by atoms with Crippen molar-refractivity contribution in [2.24, 2.45) is 20.5 Å². The summed E-state index contributed by atoms with van der Waals surface area (Å²) in [4.78, 5) is 25.7. The first-order valence-electron chi connectivity index (χ1n) is 14.9. The Balaban J connectivity index is 1.49. The largest absolute Gasteiger partial charge is 0.510 e. The van der Waals surface area contributed by atoms with Crippen LogP contribution in [-0.2, 0) is 9.59 Å². The number of allylic oxidation sites excluding steroid dienone is 2. The van der Waals surface area contributed by atoms with Gasteiger partial charge < -0.3 is 20.8 Å². The zero-order valence-electron chi connectivity index (χ0n) is 27.5. The summed E-state index contributed by atoms with van der Waals surface area (Å²) < 4.78 is 0. The third-order valence-electron chi connectivity index (χ3n) is 7.38. The number of para-hydroxylation sites is 1. The number of azo groups is 2. The zero-order chi connectivity index (χ0) is 34.2. The molecule has 0 atom stereocenters. The second-order valence-electron chi connectivity index (χ2n) is 11.3. The average Bonchev–Trinajstić information content (AvgIpc) is 3.01. The van der Waals surface area contributed by atoms with Crippen LogP contribution in [0.15, 0.2) is 122 Å². The fraction of sp³-hybridized carbons (Fsp3) is 0.189. The Morgan fingerprint density at radius 1 is 0.553 bits per heavy atom. The van der Waals surface area contributed by atoms with E-state index in [-0.39, 0.29) is 22.9 Å². The van der Waals surface area contributed by atoms with Crippen molar-refractivity contribution in [2.45, 2.75) is 48.5 Å². The molecule has 0 heterocycles. The second-order valence-corrected chi connectivity index (χ2v) is 11.3. The standard InChI is InChI=1S/C37H38N6O4/c1-21-12-15-31(23(3)18-21)39-37(47)35(27(7)45)43-41-33-17-14-29(20-25(33)5)28-13-16-32(24(4)19-28)40-42-34(26(6)44)36(46)38-30-11-9-8-10-22(30)2/h8-20,44-45H,1-7H3,(H,38,46)(H,39,47). The average molecular weight is 631 g/mol. The number of hydrogen-bond acceptors (Lipinski definition) is 8. The Kier molecular flexibility index (Phi) is 10.8. The number of aryl methyl sites for hydroxylation is 5. The molecule has 0 saturated carbocycles. The van der Waals surface area contributed by atoms with Gasteiger partial charge >= 0.3 is 0 Å². The summed E-state index contributed by atoms with van der Waals surface area (Å²) in [5, 5.41) is 42.5. The van der Waals surface area contributed by atoms with Gasteiger partial charge in [0.15, 0.2) is 11.4 Å². The highest BCUT2D eigenvalue weighted by molar-refractivity contribution is 6.04. The first-order chi connectivity index (χ1) is 22.3. The summed E-state index contributed by atoms with van der Waals surface area (Å²) in [5.74, 6) is -1.63. The van der Waals surface area contributed by atoms with E-state index in [2.05, 4.69) is 31.1 Å². The molecule has 4 rings (SSSR count). The second kappa shape index (κ2) is 14.9. The number of aliphatic hydroxyl groups excluding tert-OH is 2. The number of aliphatic hydroxyl groups is 2. The lowest BCUT2D eigenvalue weighted by Crippen LogP contribution is -2.15. The van der Waals surface area contributed by atoms with Crippen molar-refractivity contribution >= 4 is 34.6 Å². The van der Waals surface area contributed by atoms with E-state index in [0.29, 0.717) is 22.7 Å². The topological polar surface area (TPSA) is 148 Å². The van der Waals surface area contributed by atoms with Crippen molar-refractivity contribution in [2.75, 3.05) is 10.6 Å². The van der Waals surface area contributed by atoms with Gasteiger partial charge in [0.1, 0.15) is 11.5 Å². The van der Waals surface area contributed by atoms with E-state index in [1.165, 1.54) is 13.8 Å². The quantitative estimate of drug-likeness (QED) is 0.0827. The lowest BCUT2D eigenvalue weighted by Gasteiger charge is -2.10. The summed E-state index contributed by atoms with van der Waals surface area (Å²) in [6, 6.07) is 24.2. The highest BCUT2D eigenvalue weighted by Crippen LogP contribution is 2.31. The summed E-state index contributed by atoms with van der Waals surface area (Å²) in [6.07, 6.45) is 0. The predicted octanol–water partition coefficient (Wildman–Crippen LogP) is 9.92. The number of benzene rings is 4. The molecule has 0 aliphatic heterocycles. The molecular weight excluding hydrogens is 592 g/mol. The molecule has 47 heavy (non-hydrogen) atoms. The van der Waals surface area contributed by atoms with Gasteiger partial charge in [-0.15, -0.1) is 20.5 Å². The Morgan fingerprint density at radius 2 is 1.02 bits per heavy atom. The van der Waals surface area contributed by atoms with E-state index in [1.54, 1.807) is 24.3 Å².